The molecular formula is C18H12ClN3O3S. The Bertz CT molecular complexity index is 1000. The number of aromatic nitrogens is 1. The molecule has 3 aromatic rings. The molecule has 130 valence electrons. The van der Waals surface area contributed by atoms with E-state index in [4.69, 9.17) is 20.8 Å². The smallest absolute Gasteiger partial charge is 0.266 e. The Labute approximate surface area is 158 Å². The van der Waals surface area contributed by atoms with E-state index in [0.717, 1.165) is 0 Å². The van der Waals surface area contributed by atoms with Crippen molar-refractivity contribution in [1.29, 1.82) is 5.26 Å². The van der Waals surface area contributed by atoms with E-state index in [1.807, 2.05) is 6.07 Å². The van der Waals surface area contributed by atoms with Gasteiger partial charge in [0.15, 0.2) is 10.8 Å². The van der Waals surface area contributed by atoms with E-state index >= 15 is 0 Å². The highest BCUT2D eigenvalue weighted by Gasteiger charge is 2.13. The first-order chi connectivity index (χ1) is 12.6. The Morgan fingerprint density at radius 1 is 1.46 bits per heavy atom. The molecule has 0 spiro atoms. The molecule has 0 fully saturated rings. The van der Waals surface area contributed by atoms with Gasteiger partial charge in [0.25, 0.3) is 5.91 Å². The topological polar surface area (TPSA) is 88.1 Å². The normalized spacial score (nSPS) is 11.0. The number of thiazole rings is 1. The third-order valence-electron chi connectivity index (χ3n) is 3.32. The number of anilines is 1. The largest absolute Gasteiger partial charge is 0.495 e. The van der Waals surface area contributed by atoms with E-state index in [-0.39, 0.29) is 5.57 Å². The van der Waals surface area contributed by atoms with E-state index in [0.29, 0.717) is 32.9 Å². The molecule has 2 aromatic heterocycles. The molecule has 26 heavy (non-hydrogen) atoms. The second-order valence-corrected chi connectivity index (χ2v) is 6.29. The van der Waals surface area contributed by atoms with Gasteiger partial charge >= 0.3 is 0 Å². The number of rotatable bonds is 5. The molecule has 6 nitrogen and oxygen atoms in total. The third-order valence-corrected chi connectivity index (χ3v) is 4.49. The van der Waals surface area contributed by atoms with Crippen LogP contribution in [0.5, 0.6) is 5.75 Å². The predicted octanol–water partition coefficient (Wildman–Crippen LogP) is 4.61. The van der Waals surface area contributed by atoms with Crippen molar-refractivity contribution < 1.29 is 13.9 Å². The number of ether oxygens (including phenoxy) is 1. The Hall–Kier alpha value is -3.08. The van der Waals surface area contributed by atoms with Gasteiger partial charge in [-0.1, -0.05) is 11.6 Å². The summed E-state index contributed by atoms with van der Waals surface area (Å²) in [7, 11) is 1.50. The van der Waals surface area contributed by atoms with Crippen LogP contribution >= 0.6 is 22.9 Å². The zero-order valence-electron chi connectivity index (χ0n) is 13.5. The fourth-order valence-electron chi connectivity index (χ4n) is 2.10. The molecule has 0 aliphatic rings. The van der Waals surface area contributed by atoms with Crippen molar-refractivity contribution in [3.05, 3.63) is 58.3 Å². The SMILES string of the molecule is COc1ccc(NC(=O)/C(C#N)=C/c2csc(-c3ccco3)n2)cc1Cl. The number of halogens is 1. The van der Waals surface area contributed by atoms with Gasteiger partial charge in [-0.25, -0.2) is 4.98 Å². The average molecular weight is 386 g/mol. The lowest BCUT2D eigenvalue weighted by Crippen LogP contribution is -2.13. The van der Waals surface area contributed by atoms with Crippen molar-refractivity contribution in [3.8, 4) is 22.6 Å². The summed E-state index contributed by atoms with van der Waals surface area (Å²) in [5, 5.41) is 14.7. The standard InChI is InChI=1S/C18H12ClN3O3S/c1-24-15-5-4-12(8-14(15)19)21-17(23)11(9-20)7-13-10-26-18(22-13)16-3-2-6-25-16/h2-8,10H,1H3,(H,21,23)/b11-7+. The zero-order valence-corrected chi connectivity index (χ0v) is 15.1. The molecule has 0 saturated heterocycles. The van der Waals surface area contributed by atoms with Gasteiger partial charge in [-0.3, -0.25) is 4.79 Å². The highest BCUT2D eigenvalue weighted by Crippen LogP contribution is 2.28. The predicted molar refractivity (Wildman–Crippen MR) is 100 cm³/mol. The molecule has 3 rings (SSSR count). The molecule has 2 heterocycles. The van der Waals surface area contributed by atoms with Crippen molar-refractivity contribution in [2.45, 2.75) is 0 Å². The fraction of sp³-hybridized carbons (Fsp3) is 0.0556. The highest BCUT2D eigenvalue weighted by atomic mass is 35.5. The molecular weight excluding hydrogens is 374 g/mol. The molecule has 1 N–H and O–H groups in total. The quantitative estimate of drug-likeness (QED) is 0.511. The number of amides is 1. The number of hydrogen-bond donors (Lipinski definition) is 1. The molecule has 0 atom stereocenters. The summed E-state index contributed by atoms with van der Waals surface area (Å²) in [5.41, 5.74) is 0.880. The molecule has 0 unspecified atom stereocenters. The number of methoxy groups -OCH3 is 1. The van der Waals surface area contributed by atoms with Crippen molar-refractivity contribution in [3.63, 3.8) is 0 Å². The Morgan fingerprint density at radius 3 is 2.96 bits per heavy atom. The maximum atomic E-state index is 12.3. The molecule has 1 aromatic carbocycles. The summed E-state index contributed by atoms with van der Waals surface area (Å²) in [6.45, 7) is 0. The number of nitriles is 1. The van der Waals surface area contributed by atoms with Crippen LogP contribution in [0.2, 0.25) is 5.02 Å². The monoisotopic (exact) mass is 385 g/mol. The molecule has 0 aliphatic carbocycles. The summed E-state index contributed by atoms with van der Waals surface area (Å²) >= 11 is 7.39. The van der Waals surface area contributed by atoms with Crippen LogP contribution in [-0.4, -0.2) is 18.0 Å². The lowest BCUT2D eigenvalue weighted by molar-refractivity contribution is -0.112. The van der Waals surface area contributed by atoms with Crippen molar-refractivity contribution in [1.82, 2.24) is 4.98 Å². The number of nitrogens with zero attached hydrogens (tertiary/aromatic N) is 2. The lowest BCUT2D eigenvalue weighted by atomic mass is 10.2. The molecule has 0 radical (unpaired) electrons. The zero-order chi connectivity index (χ0) is 18.5. The molecule has 1 amide bonds. The number of nitrogens with one attached hydrogen (secondary N) is 1. The first-order valence-electron chi connectivity index (χ1n) is 7.37. The summed E-state index contributed by atoms with van der Waals surface area (Å²) in [6, 6.07) is 10.2. The van der Waals surface area contributed by atoms with Crippen molar-refractivity contribution in [2.75, 3.05) is 12.4 Å². The number of carbonyl (C=O) groups excluding carboxylic acids is 1. The Balaban J connectivity index is 1.78. The van der Waals surface area contributed by atoms with Crippen LogP contribution in [0.1, 0.15) is 5.69 Å². The number of carbonyl (C=O) groups is 1. The fourth-order valence-corrected chi connectivity index (χ4v) is 3.11. The Kier molecular flexibility index (Phi) is 5.37. The molecule has 0 aliphatic heterocycles. The maximum Gasteiger partial charge on any atom is 0.266 e. The van der Waals surface area contributed by atoms with Crippen LogP contribution in [0.25, 0.3) is 16.8 Å². The van der Waals surface area contributed by atoms with Crippen LogP contribution in [0.15, 0.2) is 52.0 Å². The van der Waals surface area contributed by atoms with Crippen LogP contribution in [0, 0.1) is 11.3 Å². The number of furan rings is 1. The van der Waals surface area contributed by atoms with Crippen LogP contribution < -0.4 is 10.1 Å². The minimum absolute atomic E-state index is 0.0757. The van der Waals surface area contributed by atoms with E-state index in [1.54, 1.807) is 42.0 Å². The van der Waals surface area contributed by atoms with Gasteiger partial charge in [-0.2, -0.15) is 5.26 Å². The number of benzene rings is 1. The highest BCUT2D eigenvalue weighted by molar-refractivity contribution is 7.13. The van der Waals surface area contributed by atoms with E-state index in [2.05, 4.69) is 10.3 Å². The van der Waals surface area contributed by atoms with Gasteiger partial charge in [0, 0.05) is 11.1 Å². The summed E-state index contributed by atoms with van der Waals surface area (Å²) in [6.07, 6.45) is 2.98. The van der Waals surface area contributed by atoms with Crippen LogP contribution in [-0.2, 0) is 4.79 Å². The van der Waals surface area contributed by atoms with Crippen LogP contribution in [0.4, 0.5) is 5.69 Å². The van der Waals surface area contributed by atoms with Crippen molar-refractivity contribution in [2.24, 2.45) is 0 Å². The second-order valence-electron chi connectivity index (χ2n) is 5.03. The van der Waals surface area contributed by atoms with Gasteiger partial charge in [-0.15, -0.1) is 11.3 Å². The minimum Gasteiger partial charge on any atom is -0.495 e. The first-order valence-corrected chi connectivity index (χ1v) is 8.62. The average Bonchev–Trinajstić information content (AvgIpc) is 3.31. The van der Waals surface area contributed by atoms with Gasteiger partial charge < -0.3 is 14.5 Å². The summed E-state index contributed by atoms with van der Waals surface area (Å²) in [5.74, 6) is 0.570. The number of hydrogen-bond acceptors (Lipinski definition) is 6. The van der Waals surface area contributed by atoms with Crippen LogP contribution in [0.3, 0.4) is 0 Å². The first kappa shape index (κ1) is 17.7. The maximum absolute atomic E-state index is 12.3. The van der Waals surface area contributed by atoms with Gasteiger partial charge in [0.1, 0.15) is 17.4 Å². The molecule has 8 heteroatoms. The summed E-state index contributed by atoms with van der Waals surface area (Å²) in [4.78, 5) is 16.7. The van der Waals surface area contributed by atoms with Crippen molar-refractivity contribution >= 4 is 40.6 Å². The van der Waals surface area contributed by atoms with Gasteiger partial charge in [0.2, 0.25) is 0 Å². The molecule has 0 saturated carbocycles. The molecule has 0 bridgehead atoms. The summed E-state index contributed by atoms with van der Waals surface area (Å²) < 4.78 is 10.3. The van der Waals surface area contributed by atoms with E-state index in [9.17, 15) is 10.1 Å². The van der Waals surface area contributed by atoms with Gasteiger partial charge in [0.05, 0.1) is 24.1 Å². The third kappa shape index (κ3) is 3.94. The minimum atomic E-state index is -0.554. The van der Waals surface area contributed by atoms with E-state index < -0.39 is 5.91 Å². The Morgan fingerprint density at radius 2 is 2.31 bits per heavy atom. The van der Waals surface area contributed by atoms with Gasteiger partial charge in [-0.05, 0) is 36.4 Å². The second kappa shape index (κ2) is 7.87. The lowest BCUT2D eigenvalue weighted by Gasteiger charge is -2.07. The van der Waals surface area contributed by atoms with E-state index in [1.165, 1.54) is 24.5 Å².